The summed E-state index contributed by atoms with van der Waals surface area (Å²) in [4.78, 5) is 14.6. The van der Waals surface area contributed by atoms with E-state index in [1.165, 1.54) is 25.3 Å². The average molecular weight is 362 g/mol. The number of non-ortho nitro benzene ring substituents is 1. The maximum Gasteiger partial charge on any atom is 0.273 e. The molecule has 0 N–H and O–H groups in total. The van der Waals surface area contributed by atoms with Crippen molar-refractivity contribution in [1.82, 2.24) is 10.1 Å². The summed E-state index contributed by atoms with van der Waals surface area (Å²) in [6.07, 6.45) is 0. The largest absolute Gasteiger partial charge is 0.493 e. The Hall–Kier alpha value is -3.13. The van der Waals surface area contributed by atoms with Gasteiger partial charge in [-0.05, 0) is 18.2 Å². The first-order chi connectivity index (χ1) is 12.1. The minimum absolute atomic E-state index is 0.0501. The van der Waals surface area contributed by atoms with E-state index in [9.17, 15) is 10.1 Å². The van der Waals surface area contributed by atoms with Crippen molar-refractivity contribution in [1.29, 1.82) is 0 Å². The highest BCUT2D eigenvalue weighted by Gasteiger charge is 2.15. The SMILES string of the molecule is COc1ccc([N+](=O)[O-])cc1OCc1noc(-c2ccccc2Cl)n1. The Bertz CT molecular complexity index is 912. The first-order valence-electron chi connectivity index (χ1n) is 7.11. The molecule has 0 aliphatic rings. The van der Waals surface area contributed by atoms with Crippen LogP contribution in [0.3, 0.4) is 0 Å². The number of halogens is 1. The summed E-state index contributed by atoms with van der Waals surface area (Å²) in [5.74, 6) is 1.10. The van der Waals surface area contributed by atoms with Gasteiger partial charge in [0.05, 0.1) is 28.7 Å². The monoisotopic (exact) mass is 361 g/mol. The Morgan fingerprint density at radius 2 is 2.04 bits per heavy atom. The molecule has 0 atom stereocenters. The molecule has 0 bridgehead atoms. The van der Waals surface area contributed by atoms with Gasteiger partial charge in [-0.3, -0.25) is 10.1 Å². The maximum absolute atomic E-state index is 10.9. The van der Waals surface area contributed by atoms with Gasteiger partial charge in [0, 0.05) is 6.07 Å². The molecule has 1 heterocycles. The van der Waals surface area contributed by atoms with Gasteiger partial charge in [-0.15, -0.1) is 0 Å². The molecular formula is C16H12ClN3O5. The van der Waals surface area contributed by atoms with Crippen LogP contribution in [0.1, 0.15) is 5.82 Å². The van der Waals surface area contributed by atoms with Crippen LogP contribution < -0.4 is 9.47 Å². The molecule has 0 aliphatic heterocycles. The van der Waals surface area contributed by atoms with Crippen molar-refractivity contribution < 1.29 is 18.9 Å². The van der Waals surface area contributed by atoms with Crippen LogP contribution in [0.2, 0.25) is 5.02 Å². The molecule has 25 heavy (non-hydrogen) atoms. The molecule has 9 heteroatoms. The fraction of sp³-hybridized carbons (Fsp3) is 0.125. The molecule has 3 rings (SSSR count). The summed E-state index contributed by atoms with van der Waals surface area (Å²) in [5.41, 5.74) is 0.497. The van der Waals surface area contributed by atoms with E-state index in [1.54, 1.807) is 24.3 Å². The molecule has 0 spiro atoms. The average Bonchev–Trinajstić information content (AvgIpc) is 3.08. The summed E-state index contributed by atoms with van der Waals surface area (Å²) in [6, 6.07) is 11.1. The van der Waals surface area contributed by atoms with Crippen molar-refractivity contribution in [3.8, 4) is 23.0 Å². The molecule has 0 radical (unpaired) electrons. The summed E-state index contributed by atoms with van der Waals surface area (Å²) in [5, 5.41) is 15.2. The molecule has 1 aromatic heterocycles. The zero-order valence-corrected chi connectivity index (χ0v) is 13.8. The van der Waals surface area contributed by atoms with Crippen LogP contribution >= 0.6 is 11.6 Å². The van der Waals surface area contributed by atoms with E-state index in [1.807, 2.05) is 0 Å². The molecule has 8 nitrogen and oxygen atoms in total. The third-order valence-corrected chi connectivity index (χ3v) is 3.62. The third kappa shape index (κ3) is 3.69. The first-order valence-corrected chi connectivity index (χ1v) is 7.49. The fourth-order valence-electron chi connectivity index (χ4n) is 2.09. The Labute approximate surface area is 147 Å². The lowest BCUT2D eigenvalue weighted by Gasteiger charge is -2.08. The van der Waals surface area contributed by atoms with Gasteiger partial charge in [-0.25, -0.2) is 0 Å². The molecule has 0 saturated heterocycles. The predicted molar refractivity (Wildman–Crippen MR) is 88.7 cm³/mol. The van der Waals surface area contributed by atoms with E-state index >= 15 is 0 Å². The minimum Gasteiger partial charge on any atom is -0.493 e. The third-order valence-electron chi connectivity index (χ3n) is 3.29. The zero-order chi connectivity index (χ0) is 17.8. The molecular weight excluding hydrogens is 350 g/mol. The number of nitro groups is 1. The second-order valence-corrected chi connectivity index (χ2v) is 5.28. The molecule has 128 valence electrons. The quantitative estimate of drug-likeness (QED) is 0.485. The highest BCUT2D eigenvalue weighted by molar-refractivity contribution is 6.33. The van der Waals surface area contributed by atoms with Crippen LogP contribution in [-0.4, -0.2) is 22.2 Å². The molecule has 0 amide bonds. The number of hydrogen-bond donors (Lipinski definition) is 0. The number of methoxy groups -OCH3 is 1. The van der Waals surface area contributed by atoms with E-state index in [0.717, 1.165) is 0 Å². The van der Waals surface area contributed by atoms with Crippen LogP contribution in [-0.2, 0) is 6.61 Å². The van der Waals surface area contributed by atoms with Crippen molar-refractivity contribution in [3.63, 3.8) is 0 Å². The minimum atomic E-state index is -0.518. The molecule has 0 fully saturated rings. The topological polar surface area (TPSA) is 101 Å². The van der Waals surface area contributed by atoms with Crippen LogP contribution in [0.4, 0.5) is 5.69 Å². The van der Waals surface area contributed by atoms with E-state index in [-0.39, 0.29) is 29.8 Å². The van der Waals surface area contributed by atoms with Crippen molar-refractivity contribution >= 4 is 17.3 Å². The van der Waals surface area contributed by atoms with Crippen molar-refractivity contribution in [3.05, 3.63) is 63.4 Å². The number of aromatic nitrogens is 2. The Kier molecular flexibility index (Phi) is 4.80. The second-order valence-electron chi connectivity index (χ2n) is 4.88. The molecule has 3 aromatic rings. The van der Waals surface area contributed by atoms with E-state index in [2.05, 4.69) is 10.1 Å². The fourth-order valence-corrected chi connectivity index (χ4v) is 2.31. The molecule has 2 aromatic carbocycles. The first kappa shape index (κ1) is 16.7. The molecule has 0 saturated carbocycles. The summed E-state index contributed by atoms with van der Waals surface area (Å²) in [6.45, 7) is -0.0501. The van der Waals surface area contributed by atoms with Crippen LogP contribution in [0.25, 0.3) is 11.5 Å². The van der Waals surface area contributed by atoms with Crippen LogP contribution in [0, 0.1) is 10.1 Å². The standard InChI is InChI=1S/C16H12ClN3O5/c1-23-13-7-6-10(20(21)22)8-14(13)24-9-15-18-16(25-19-15)11-4-2-3-5-12(11)17/h2-8H,9H2,1H3. The Balaban J connectivity index is 1.78. The van der Waals surface area contributed by atoms with Gasteiger partial charge in [0.25, 0.3) is 11.6 Å². The van der Waals surface area contributed by atoms with Crippen LogP contribution in [0.5, 0.6) is 11.5 Å². The van der Waals surface area contributed by atoms with Gasteiger partial charge in [-0.2, -0.15) is 4.98 Å². The predicted octanol–water partition coefficient (Wildman–Crippen LogP) is 3.89. The second kappa shape index (κ2) is 7.18. The lowest BCUT2D eigenvalue weighted by atomic mass is 10.2. The van der Waals surface area contributed by atoms with Gasteiger partial charge >= 0.3 is 0 Å². The highest BCUT2D eigenvalue weighted by atomic mass is 35.5. The van der Waals surface area contributed by atoms with E-state index in [0.29, 0.717) is 16.3 Å². The van der Waals surface area contributed by atoms with Crippen molar-refractivity contribution in [2.75, 3.05) is 7.11 Å². The van der Waals surface area contributed by atoms with Gasteiger partial charge in [0.2, 0.25) is 5.82 Å². The number of nitro benzene ring substituents is 1. The highest BCUT2D eigenvalue weighted by Crippen LogP contribution is 2.32. The molecule has 0 unspecified atom stereocenters. The van der Waals surface area contributed by atoms with Gasteiger partial charge in [-0.1, -0.05) is 28.9 Å². The van der Waals surface area contributed by atoms with Crippen molar-refractivity contribution in [2.45, 2.75) is 6.61 Å². The Morgan fingerprint density at radius 1 is 1.24 bits per heavy atom. The number of ether oxygens (including phenoxy) is 2. The van der Waals surface area contributed by atoms with E-state index < -0.39 is 4.92 Å². The lowest BCUT2D eigenvalue weighted by molar-refractivity contribution is -0.385. The number of rotatable bonds is 6. The zero-order valence-electron chi connectivity index (χ0n) is 13.0. The maximum atomic E-state index is 10.9. The van der Waals surface area contributed by atoms with Gasteiger partial charge in [0.15, 0.2) is 18.1 Å². The summed E-state index contributed by atoms with van der Waals surface area (Å²) in [7, 11) is 1.44. The van der Waals surface area contributed by atoms with Gasteiger partial charge in [0.1, 0.15) is 0 Å². The molecule has 0 aliphatic carbocycles. The number of nitrogens with zero attached hydrogens (tertiary/aromatic N) is 3. The normalized spacial score (nSPS) is 10.5. The smallest absolute Gasteiger partial charge is 0.273 e. The summed E-state index contributed by atoms with van der Waals surface area (Å²) >= 11 is 6.09. The van der Waals surface area contributed by atoms with Crippen molar-refractivity contribution in [2.24, 2.45) is 0 Å². The van der Waals surface area contributed by atoms with Crippen LogP contribution in [0.15, 0.2) is 47.0 Å². The number of hydrogen-bond acceptors (Lipinski definition) is 7. The Morgan fingerprint density at radius 3 is 2.76 bits per heavy atom. The summed E-state index contributed by atoms with van der Waals surface area (Å²) < 4.78 is 15.8. The van der Waals surface area contributed by atoms with Gasteiger partial charge < -0.3 is 14.0 Å². The lowest BCUT2D eigenvalue weighted by Crippen LogP contribution is -2.00. The van der Waals surface area contributed by atoms with E-state index in [4.69, 9.17) is 25.6 Å². The number of benzene rings is 2.